The number of carbonyl (C=O) groups is 5. The summed E-state index contributed by atoms with van der Waals surface area (Å²) in [5.74, 6) is -2.79. The molecule has 2 aromatic heterocycles. The number of nitrogens with one attached hydrogen (secondary N) is 6. The van der Waals surface area contributed by atoms with E-state index in [1.165, 1.54) is 31.2 Å². The number of amides is 4. The van der Waals surface area contributed by atoms with Crippen LogP contribution >= 0.6 is 0 Å². The number of likely N-dealkylation sites (tertiary alicyclic amines) is 2. The minimum atomic E-state index is -0.853. The van der Waals surface area contributed by atoms with Crippen molar-refractivity contribution in [3.8, 4) is 11.4 Å². The SMILES string of the molecule is CC[C@H](NC(=O)[C@H](C)NC)C(=O)N1C[C@@H](O)C[C@H]1Cc1c(-c2[nH]c3cc(F)ccc3c2C[C@@H]2C[C@H](OC(C)=O)CN2C(=O)[C@H](CC)NC(=O)[C@H](C)NC)[nH]c2cc(F)ccc12. The number of hydrogen-bond donors (Lipinski definition) is 7. The summed E-state index contributed by atoms with van der Waals surface area (Å²) in [5.41, 5.74) is 3.47. The largest absolute Gasteiger partial charge is 0.461 e. The van der Waals surface area contributed by atoms with Crippen LogP contribution in [0.5, 0.6) is 0 Å². The minimum Gasteiger partial charge on any atom is -0.461 e. The summed E-state index contributed by atoms with van der Waals surface area (Å²) < 4.78 is 35.4. The van der Waals surface area contributed by atoms with E-state index >= 15 is 0 Å². The lowest BCUT2D eigenvalue weighted by Crippen LogP contribution is -2.53. The maximum atomic E-state index is 14.9. The van der Waals surface area contributed by atoms with E-state index in [4.69, 9.17) is 4.74 Å². The molecule has 0 aliphatic carbocycles. The van der Waals surface area contributed by atoms with Crippen molar-refractivity contribution in [2.75, 3.05) is 27.2 Å². The number of fused-ring (bicyclic) bond motifs is 2. The van der Waals surface area contributed by atoms with Crippen LogP contribution in [-0.4, -0.2) is 130 Å². The minimum absolute atomic E-state index is 0.0583. The molecule has 0 spiro atoms. The van der Waals surface area contributed by atoms with Crippen molar-refractivity contribution in [3.63, 3.8) is 0 Å². The molecule has 2 fully saturated rings. The topological polar surface area (TPSA) is 201 Å². The van der Waals surface area contributed by atoms with Crippen LogP contribution in [0.4, 0.5) is 8.78 Å². The molecule has 2 saturated heterocycles. The quantitative estimate of drug-likeness (QED) is 0.0828. The maximum Gasteiger partial charge on any atom is 0.302 e. The van der Waals surface area contributed by atoms with E-state index in [-0.39, 0.29) is 56.0 Å². The normalized spacial score (nSPS) is 21.1. The van der Waals surface area contributed by atoms with Gasteiger partial charge in [0.05, 0.1) is 36.1 Å². The number of benzene rings is 2. The predicted octanol–water partition coefficient (Wildman–Crippen LogP) is 3.18. The summed E-state index contributed by atoms with van der Waals surface area (Å²) in [6, 6.07) is 4.95. The average molecular weight is 849 g/mol. The van der Waals surface area contributed by atoms with Crippen molar-refractivity contribution in [2.24, 2.45) is 0 Å². The number of H-pyrrole nitrogens is 2. The molecule has 15 nitrogen and oxygen atoms in total. The molecule has 330 valence electrons. The van der Waals surface area contributed by atoms with Crippen LogP contribution in [0, 0.1) is 11.6 Å². The van der Waals surface area contributed by atoms with Crippen molar-refractivity contribution in [2.45, 2.75) is 122 Å². The number of carbonyl (C=O) groups excluding carboxylic acids is 5. The third-order valence-corrected chi connectivity index (χ3v) is 12.2. The van der Waals surface area contributed by atoms with Crippen molar-refractivity contribution < 1.29 is 42.6 Å². The van der Waals surface area contributed by atoms with Crippen LogP contribution in [-0.2, 0) is 41.6 Å². The Morgan fingerprint density at radius 1 is 0.754 bits per heavy atom. The Bertz CT molecular complexity index is 2280. The lowest BCUT2D eigenvalue weighted by molar-refractivity contribution is -0.146. The molecule has 2 aliphatic heterocycles. The number of likely N-dealkylation sites (N-methyl/N-ethyl adjacent to an activating group) is 2. The average Bonchev–Trinajstić information content (AvgIpc) is 4.00. The first-order chi connectivity index (χ1) is 29.1. The smallest absolute Gasteiger partial charge is 0.302 e. The lowest BCUT2D eigenvalue weighted by atomic mass is 9.94. The zero-order chi connectivity index (χ0) is 44.3. The Hall–Kier alpha value is -5.39. The maximum absolute atomic E-state index is 14.9. The predicted molar refractivity (Wildman–Crippen MR) is 226 cm³/mol. The number of nitrogens with zero attached hydrogens (tertiary/aromatic N) is 2. The number of aromatic nitrogens is 2. The lowest BCUT2D eigenvalue weighted by Gasteiger charge is -2.30. The molecule has 8 atom stereocenters. The summed E-state index contributed by atoms with van der Waals surface area (Å²) >= 11 is 0. The summed E-state index contributed by atoms with van der Waals surface area (Å²) in [5, 5.41) is 23.8. The van der Waals surface area contributed by atoms with Crippen LogP contribution in [0.15, 0.2) is 36.4 Å². The van der Waals surface area contributed by atoms with Crippen molar-refractivity contribution in [3.05, 3.63) is 59.2 Å². The van der Waals surface area contributed by atoms with E-state index in [0.29, 0.717) is 63.6 Å². The van der Waals surface area contributed by atoms with Crippen LogP contribution in [0.2, 0.25) is 0 Å². The monoisotopic (exact) mass is 848 g/mol. The van der Waals surface area contributed by atoms with Crippen molar-refractivity contribution in [1.82, 2.24) is 41.0 Å². The molecule has 6 rings (SSSR count). The molecule has 7 N–H and O–H groups in total. The fourth-order valence-electron chi connectivity index (χ4n) is 8.72. The van der Waals surface area contributed by atoms with Crippen LogP contribution in [0.25, 0.3) is 33.2 Å². The fourth-order valence-corrected chi connectivity index (χ4v) is 8.72. The fraction of sp³-hybridized carbons (Fsp3) is 0.523. The van der Waals surface area contributed by atoms with E-state index in [0.717, 1.165) is 0 Å². The molecule has 0 saturated carbocycles. The number of β-amino-alcohol motifs (C(OH)–C–C–N with tert-alkyl or cyclic N) is 1. The molecule has 61 heavy (non-hydrogen) atoms. The molecular weight excluding hydrogens is 791 g/mol. The molecule has 4 heterocycles. The molecule has 2 aliphatic rings. The summed E-state index contributed by atoms with van der Waals surface area (Å²) in [6.07, 6.45) is 0.183. The van der Waals surface area contributed by atoms with E-state index < -0.39 is 66.1 Å². The number of aromatic amines is 2. The molecular formula is C44H58F2N8O7. The third kappa shape index (κ3) is 9.73. The Morgan fingerprint density at radius 2 is 1.20 bits per heavy atom. The zero-order valence-electron chi connectivity index (χ0n) is 35.8. The molecule has 4 amide bonds. The highest BCUT2D eigenvalue weighted by Gasteiger charge is 2.42. The van der Waals surface area contributed by atoms with Gasteiger partial charge in [0, 0.05) is 53.8 Å². The van der Waals surface area contributed by atoms with Gasteiger partial charge in [0.2, 0.25) is 23.6 Å². The summed E-state index contributed by atoms with van der Waals surface area (Å²) in [4.78, 5) is 76.4. The third-order valence-electron chi connectivity index (χ3n) is 12.2. The van der Waals surface area contributed by atoms with Gasteiger partial charge in [-0.2, -0.15) is 0 Å². The van der Waals surface area contributed by atoms with Gasteiger partial charge in [-0.1, -0.05) is 13.8 Å². The molecule has 0 bridgehead atoms. The Morgan fingerprint density at radius 3 is 1.62 bits per heavy atom. The van der Waals surface area contributed by atoms with Gasteiger partial charge in [0.1, 0.15) is 29.8 Å². The highest BCUT2D eigenvalue weighted by molar-refractivity contribution is 5.97. The summed E-state index contributed by atoms with van der Waals surface area (Å²) in [7, 11) is 3.30. The van der Waals surface area contributed by atoms with E-state index in [1.807, 2.05) is 0 Å². The van der Waals surface area contributed by atoms with Crippen LogP contribution in [0.1, 0.15) is 71.4 Å². The zero-order valence-corrected chi connectivity index (χ0v) is 35.8. The number of ether oxygens (including phenoxy) is 1. The van der Waals surface area contributed by atoms with E-state index in [2.05, 4.69) is 31.2 Å². The van der Waals surface area contributed by atoms with Gasteiger partial charge in [0.15, 0.2) is 0 Å². The molecule has 0 unspecified atom stereocenters. The van der Waals surface area contributed by atoms with Crippen molar-refractivity contribution in [1.29, 1.82) is 0 Å². The summed E-state index contributed by atoms with van der Waals surface area (Å²) in [6.45, 7) is 8.45. The molecule has 17 heteroatoms. The Labute approximate surface area is 353 Å². The molecule has 2 aromatic carbocycles. The van der Waals surface area contributed by atoms with Gasteiger partial charge >= 0.3 is 5.97 Å². The second-order valence-electron chi connectivity index (χ2n) is 16.4. The van der Waals surface area contributed by atoms with E-state index in [9.17, 15) is 37.9 Å². The number of rotatable bonds is 16. The second kappa shape index (κ2) is 19.1. The number of aliphatic hydroxyl groups excluding tert-OH is 1. The van der Waals surface area contributed by atoms with Crippen LogP contribution in [0.3, 0.4) is 0 Å². The number of hydrogen-bond acceptors (Lipinski definition) is 9. The molecule has 0 radical (unpaired) electrons. The highest BCUT2D eigenvalue weighted by atomic mass is 19.1. The first-order valence-electron chi connectivity index (χ1n) is 21.1. The number of halogens is 2. The molecule has 4 aromatic rings. The van der Waals surface area contributed by atoms with Crippen molar-refractivity contribution >= 4 is 51.4 Å². The van der Waals surface area contributed by atoms with E-state index in [1.54, 1.807) is 63.7 Å². The number of aliphatic hydroxyl groups is 1. The Kier molecular flexibility index (Phi) is 14.1. The first-order valence-corrected chi connectivity index (χ1v) is 21.1. The highest BCUT2D eigenvalue weighted by Crippen LogP contribution is 2.40. The van der Waals surface area contributed by atoms with Gasteiger partial charge in [0.25, 0.3) is 0 Å². The van der Waals surface area contributed by atoms with Gasteiger partial charge in [-0.3, -0.25) is 24.0 Å². The number of esters is 1. The second-order valence-corrected chi connectivity index (χ2v) is 16.4. The van der Waals surface area contributed by atoms with Gasteiger partial charge in [-0.15, -0.1) is 0 Å². The Balaban J connectivity index is 1.42. The standard InChI is InChI=1S/C44H58F2N8O7/c1-8-35(51-41(57)22(3)47-6)43(59)53-20-29(56)16-27(53)18-33-31-12-10-25(45)14-37(31)49-39(33)40-34(32-13-11-26(46)15-38(32)50-40)19-28-17-30(61-24(5)55)21-54(28)44(60)36(9-2)52-42(58)23(4)48-7/h10-15,22-23,27-30,35-36,47-50,56H,8-9,16-21H2,1-7H3,(H,51,57)(H,52,58)/t22-,23-,27-,28-,29-,30-,35-,36-/m0/s1. The van der Waals surface area contributed by atoms with Gasteiger partial charge < -0.3 is 50.9 Å². The van der Waals surface area contributed by atoms with Gasteiger partial charge in [-0.25, -0.2) is 8.78 Å². The van der Waals surface area contributed by atoms with Crippen LogP contribution < -0.4 is 21.3 Å². The van der Waals surface area contributed by atoms with Gasteiger partial charge in [-0.05, 0) is 108 Å². The first kappa shape index (κ1) is 45.1.